The summed E-state index contributed by atoms with van der Waals surface area (Å²) in [6, 6.07) is 22.4. The van der Waals surface area contributed by atoms with Crippen LogP contribution in [0.2, 0.25) is 0 Å². The summed E-state index contributed by atoms with van der Waals surface area (Å²) in [6.07, 6.45) is 0. The van der Waals surface area contributed by atoms with E-state index < -0.39 is 0 Å². The van der Waals surface area contributed by atoms with Crippen molar-refractivity contribution in [2.75, 3.05) is 0 Å². The standard InChI is InChI=1S/C16H11N3.C2H6/c1-2-8-13-12(6-1)7-5-11-16(13)19-17-14-9-3-4-10-15(14)18-19;1-2/h1-11H;1-2H3. The molecule has 0 atom stereocenters. The molecule has 0 saturated carbocycles. The van der Waals surface area contributed by atoms with Crippen molar-refractivity contribution in [3.05, 3.63) is 66.7 Å². The summed E-state index contributed by atoms with van der Waals surface area (Å²) >= 11 is 0. The highest BCUT2D eigenvalue weighted by atomic mass is 15.5. The lowest BCUT2D eigenvalue weighted by atomic mass is 10.1. The first kappa shape index (κ1) is 13.3. The van der Waals surface area contributed by atoms with Gasteiger partial charge in [-0.1, -0.05) is 62.4 Å². The maximum atomic E-state index is 4.54. The van der Waals surface area contributed by atoms with Gasteiger partial charge in [-0.05, 0) is 23.6 Å². The van der Waals surface area contributed by atoms with E-state index in [1.807, 2.05) is 62.4 Å². The molecule has 4 aromatic rings. The summed E-state index contributed by atoms with van der Waals surface area (Å²) in [5.41, 5.74) is 2.83. The molecule has 4 rings (SSSR count). The van der Waals surface area contributed by atoms with Gasteiger partial charge in [0.2, 0.25) is 0 Å². The second-order valence-corrected chi connectivity index (χ2v) is 4.48. The summed E-state index contributed by atoms with van der Waals surface area (Å²) in [4.78, 5) is 1.72. The van der Waals surface area contributed by atoms with Gasteiger partial charge in [-0.25, -0.2) is 0 Å². The van der Waals surface area contributed by atoms with Gasteiger partial charge in [0.15, 0.2) is 0 Å². The van der Waals surface area contributed by atoms with E-state index in [0.29, 0.717) is 0 Å². The minimum atomic E-state index is 0.912. The van der Waals surface area contributed by atoms with Crippen LogP contribution in [0.4, 0.5) is 0 Å². The zero-order valence-corrected chi connectivity index (χ0v) is 12.2. The average molecular weight is 275 g/mol. The fourth-order valence-corrected chi connectivity index (χ4v) is 2.35. The van der Waals surface area contributed by atoms with E-state index in [1.54, 1.807) is 4.80 Å². The summed E-state index contributed by atoms with van der Waals surface area (Å²) in [7, 11) is 0. The molecule has 0 unspecified atom stereocenters. The first-order valence-corrected chi connectivity index (χ1v) is 7.22. The van der Waals surface area contributed by atoms with Crippen LogP contribution in [0.15, 0.2) is 66.7 Å². The Kier molecular flexibility index (Phi) is 3.65. The quantitative estimate of drug-likeness (QED) is 0.508. The summed E-state index contributed by atoms with van der Waals surface area (Å²) in [5.74, 6) is 0. The second kappa shape index (κ2) is 5.75. The van der Waals surface area contributed by atoms with Gasteiger partial charge < -0.3 is 0 Å². The van der Waals surface area contributed by atoms with E-state index in [9.17, 15) is 0 Å². The zero-order valence-electron chi connectivity index (χ0n) is 12.2. The Balaban J connectivity index is 0.000000636. The van der Waals surface area contributed by atoms with Crippen molar-refractivity contribution in [3.8, 4) is 5.69 Å². The lowest BCUT2D eigenvalue weighted by Gasteiger charge is -2.04. The minimum Gasteiger partial charge on any atom is -0.150 e. The maximum absolute atomic E-state index is 4.54. The molecule has 0 aliphatic rings. The van der Waals surface area contributed by atoms with E-state index in [-0.39, 0.29) is 0 Å². The van der Waals surface area contributed by atoms with Gasteiger partial charge in [-0.2, -0.15) is 0 Å². The Morgan fingerprint density at radius 2 is 1.24 bits per heavy atom. The van der Waals surface area contributed by atoms with Gasteiger partial charge in [0.1, 0.15) is 11.0 Å². The first-order chi connectivity index (χ1) is 10.4. The fraction of sp³-hybridized carbons (Fsp3) is 0.111. The van der Waals surface area contributed by atoms with Gasteiger partial charge in [-0.3, -0.25) is 0 Å². The van der Waals surface area contributed by atoms with Crippen molar-refractivity contribution >= 4 is 21.8 Å². The van der Waals surface area contributed by atoms with Crippen LogP contribution in [-0.2, 0) is 0 Å². The molecule has 0 aliphatic heterocycles. The van der Waals surface area contributed by atoms with Crippen molar-refractivity contribution < 1.29 is 0 Å². The number of hydrogen-bond donors (Lipinski definition) is 0. The zero-order chi connectivity index (χ0) is 14.7. The molecular formula is C18H17N3. The van der Waals surface area contributed by atoms with Crippen LogP contribution < -0.4 is 0 Å². The Bertz CT molecular complexity index is 839. The molecule has 0 N–H and O–H groups in total. The van der Waals surface area contributed by atoms with Gasteiger partial charge in [0.25, 0.3) is 0 Å². The molecule has 21 heavy (non-hydrogen) atoms. The van der Waals surface area contributed by atoms with E-state index in [4.69, 9.17) is 0 Å². The van der Waals surface area contributed by atoms with Crippen molar-refractivity contribution in [2.24, 2.45) is 0 Å². The lowest BCUT2D eigenvalue weighted by molar-refractivity contribution is 0.771. The van der Waals surface area contributed by atoms with E-state index in [0.717, 1.165) is 22.1 Å². The molecule has 3 heteroatoms. The van der Waals surface area contributed by atoms with Crippen molar-refractivity contribution in [1.82, 2.24) is 15.0 Å². The predicted molar refractivity (Wildman–Crippen MR) is 87.7 cm³/mol. The highest BCUT2D eigenvalue weighted by molar-refractivity contribution is 5.90. The highest BCUT2D eigenvalue weighted by Crippen LogP contribution is 2.22. The monoisotopic (exact) mass is 275 g/mol. The summed E-state index contributed by atoms with van der Waals surface area (Å²) in [5, 5.41) is 11.4. The molecule has 0 amide bonds. The molecule has 0 aliphatic carbocycles. The van der Waals surface area contributed by atoms with E-state index >= 15 is 0 Å². The molecule has 1 aromatic heterocycles. The number of hydrogen-bond acceptors (Lipinski definition) is 2. The van der Waals surface area contributed by atoms with Crippen LogP contribution in [0.1, 0.15) is 13.8 Å². The van der Waals surface area contributed by atoms with E-state index in [2.05, 4.69) is 28.4 Å². The Morgan fingerprint density at radius 3 is 1.95 bits per heavy atom. The number of fused-ring (bicyclic) bond motifs is 2. The van der Waals surface area contributed by atoms with Crippen LogP contribution in [0.25, 0.3) is 27.5 Å². The second-order valence-electron chi connectivity index (χ2n) is 4.48. The Hall–Kier alpha value is -2.68. The van der Waals surface area contributed by atoms with Crippen molar-refractivity contribution in [2.45, 2.75) is 13.8 Å². The maximum Gasteiger partial charge on any atom is 0.113 e. The van der Waals surface area contributed by atoms with Crippen LogP contribution >= 0.6 is 0 Å². The number of rotatable bonds is 1. The van der Waals surface area contributed by atoms with Gasteiger partial charge in [0.05, 0.1) is 5.69 Å². The predicted octanol–water partition coefficient (Wildman–Crippen LogP) is 4.60. The third-order valence-electron chi connectivity index (χ3n) is 3.27. The molecule has 0 saturated heterocycles. The fourth-order valence-electron chi connectivity index (χ4n) is 2.35. The van der Waals surface area contributed by atoms with Gasteiger partial charge in [-0.15, -0.1) is 15.0 Å². The molecule has 0 fully saturated rings. The number of nitrogens with zero attached hydrogens (tertiary/aromatic N) is 3. The normalized spacial score (nSPS) is 10.4. The summed E-state index contributed by atoms with van der Waals surface area (Å²) < 4.78 is 0. The first-order valence-electron chi connectivity index (χ1n) is 7.22. The van der Waals surface area contributed by atoms with Crippen LogP contribution in [0.5, 0.6) is 0 Å². The lowest BCUT2D eigenvalue weighted by Crippen LogP contribution is -1.99. The summed E-state index contributed by atoms with van der Waals surface area (Å²) in [6.45, 7) is 4.00. The highest BCUT2D eigenvalue weighted by Gasteiger charge is 2.06. The van der Waals surface area contributed by atoms with Crippen LogP contribution in [-0.4, -0.2) is 15.0 Å². The Labute approximate surface area is 123 Å². The molecule has 3 nitrogen and oxygen atoms in total. The average Bonchev–Trinajstić information content (AvgIpc) is 3.00. The smallest absolute Gasteiger partial charge is 0.113 e. The van der Waals surface area contributed by atoms with Gasteiger partial charge in [0, 0.05) is 5.39 Å². The molecule has 104 valence electrons. The minimum absolute atomic E-state index is 0.912. The van der Waals surface area contributed by atoms with E-state index in [1.165, 1.54) is 5.39 Å². The third-order valence-corrected chi connectivity index (χ3v) is 3.27. The molecule has 0 radical (unpaired) electrons. The number of benzene rings is 3. The molecular weight excluding hydrogens is 258 g/mol. The largest absolute Gasteiger partial charge is 0.150 e. The molecule has 3 aromatic carbocycles. The van der Waals surface area contributed by atoms with Crippen molar-refractivity contribution in [1.29, 1.82) is 0 Å². The number of aromatic nitrogens is 3. The van der Waals surface area contributed by atoms with Crippen molar-refractivity contribution in [3.63, 3.8) is 0 Å². The topological polar surface area (TPSA) is 30.7 Å². The van der Waals surface area contributed by atoms with Crippen LogP contribution in [0, 0.1) is 0 Å². The Morgan fingerprint density at radius 1 is 0.667 bits per heavy atom. The SMILES string of the molecule is CC.c1ccc2c(-n3nc4ccccc4n3)cccc2c1. The molecule has 0 bridgehead atoms. The third kappa shape index (κ3) is 2.38. The molecule has 0 spiro atoms. The molecule has 1 heterocycles. The van der Waals surface area contributed by atoms with Gasteiger partial charge >= 0.3 is 0 Å². The van der Waals surface area contributed by atoms with Crippen LogP contribution in [0.3, 0.4) is 0 Å².